The number of nitrogens with one attached hydrogen (secondary N) is 2. The van der Waals surface area contributed by atoms with E-state index >= 15 is 0 Å². The number of nitrogen functional groups attached to an aromatic ring is 1. The van der Waals surface area contributed by atoms with Gasteiger partial charge in [-0.05, 0) is 19.9 Å². The monoisotopic (exact) mass is 270 g/mol. The van der Waals surface area contributed by atoms with Crippen LogP contribution >= 0.6 is 11.6 Å². The van der Waals surface area contributed by atoms with Crippen molar-refractivity contribution in [1.29, 1.82) is 0 Å². The van der Waals surface area contributed by atoms with Crippen LogP contribution in [0.15, 0.2) is 12.3 Å². The third-order valence-electron chi connectivity index (χ3n) is 2.20. The maximum Gasteiger partial charge on any atom is 0.255 e. The minimum absolute atomic E-state index is 0.0461. The quantitative estimate of drug-likeness (QED) is 0.697. The molecule has 0 saturated heterocycles. The Hall–Kier alpha value is -1.82. The Morgan fingerprint density at radius 1 is 1.56 bits per heavy atom. The number of anilines is 1. The van der Waals surface area contributed by atoms with Crippen molar-refractivity contribution >= 4 is 29.1 Å². The zero-order chi connectivity index (χ0) is 13.7. The molecule has 6 nitrogen and oxygen atoms in total. The van der Waals surface area contributed by atoms with Gasteiger partial charge >= 0.3 is 0 Å². The highest BCUT2D eigenvalue weighted by molar-refractivity contribution is 6.32. The predicted octanol–water partition coefficient (Wildman–Crippen LogP) is 0.572. The standard InChI is InChI=1S/C11H15ClN4O2/c1-3-14-10(17)6(2)16-11(18)8-4-7(13)5-15-9(8)12/h4-6H,3,13H2,1-2H3,(H,14,17)(H,16,18). The molecule has 1 heterocycles. The van der Waals surface area contributed by atoms with E-state index in [0.717, 1.165) is 0 Å². The molecule has 18 heavy (non-hydrogen) atoms. The second kappa shape index (κ2) is 6.20. The number of amides is 2. The summed E-state index contributed by atoms with van der Waals surface area (Å²) in [7, 11) is 0. The lowest BCUT2D eigenvalue weighted by Crippen LogP contribution is -2.44. The summed E-state index contributed by atoms with van der Waals surface area (Å²) in [6.45, 7) is 3.88. The van der Waals surface area contributed by atoms with Gasteiger partial charge in [0.15, 0.2) is 0 Å². The second-order valence-electron chi connectivity index (χ2n) is 3.70. The topological polar surface area (TPSA) is 97.1 Å². The highest BCUT2D eigenvalue weighted by atomic mass is 35.5. The molecule has 0 aromatic carbocycles. The summed E-state index contributed by atoms with van der Waals surface area (Å²) in [6.07, 6.45) is 1.35. The van der Waals surface area contributed by atoms with Crippen LogP contribution in [0.1, 0.15) is 24.2 Å². The van der Waals surface area contributed by atoms with Gasteiger partial charge in [0.1, 0.15) is 11.2 Å². The fourth-order valence-corrected chi connectivity index (χ4v) is 1.48. The van der Waals surface area contributed by atoms with Gasteiger partial charge in [-0.1, -0.05) is 11.6 Å². The Morgan fingerprint density at radius 3 is 2.83 bits per heavy atom. The van der Waals surface area contributed by atoms with Crippen LogP contribution in [-0.2, 0) is 4.79 Å². The fourth-order valence-electron chi connectivity index (χ4n) is 1.29. The Bertz CT molecular complexity index is 464. The largest absolute Gasteiger partial charge is 0.397 e. The number of nitrogens with zero attached hydrogens (tertiary/aromatic N) is 1. The van der Waals surface area contributed by atoms with Crippen molar-refractivity contribution in [3.05, 3.63) is 23.0 Å². The van der Waals surface area contributed by atoms with Gasteiger partial charge in [0.25, 0.3) is 5.91 Å². The highest BCUT2D eigenvalue weighted by Gasteiger charge is 2.18. The molecule has 0 aliphatic carbocycles. The molecule has 4 N–H and O–H groups in total. The van der Waals surface area contributed by atoms with E-state index in [0.29, 0.717) is 12.2 Å². The van der Waals surface area contributed by atoms with E-state index in [2.05, 4.69) is 15.6 Å². The third-order valence-corrected chi connectivity index (χ3v) is 2.50. The van der Waals surface area contributed by atoms with Crippen LogP contribution in [0.3, 0.4) is 0 Å². The molecule has 0 radical (unpaired) electrons. The summed E-state index contributed by atoms with van der Waals surface area (Å²) < 4.78 is 0. The molecule has 1 unspecified atom stereocenters. The molecule has 0 bridgehead atoms. The van der Waals surface area contributed by atoms with Gasteiger partial charge in [0, 0.05) is 6.54 Å². The number of aromatic nitrogens is 1. The maximum atomic E-state index is 11.9. The molecule has 1 atom stereocenters. The molecule has 2 amide bonds. The molecule has 0 aliphatic heterocycles. The summed E-state index contributed by atoms with van der Waals surface area (Å²) in [5.41, 5.74) is 6.00. The van der Waals surface area contributed by atoms with Crippen molar-refractivity contribution in [2.75, 3.05) is 12.3 Å². The van der Waals surface area contributed by atoms with Gasteiger partial charge in [-0.2, -0.15) is 0 Å². The van der Waals surface area contributed by atoms with Crippen molar-refractivity contribution in [1.82, 2.24) is 15.6 Å². The minimum atomic E-state index is -0.657. The third kappa shape index (κ3) is 3.59. The molecular formula is C11H15ClN4O2. The molecule has 0 saturated carbocycles. The second-order valence-corrected chi connectivity index (χ2v) is 4.05. The van der Waals surface area contributed by atoms with Crippen molar-refractivity contribution in [2.24, 2.45) is 0 Å². The Balaban J connectivity index is 2.76. The van der Waals surface area contributed by atoms with E-state index in [1.807, 2.05) is 0 Å². The summed E-state index contributed by atoms with van der Waals surface area (Å²) in [5, 5.41) is 5.17. The van der Waals surface area contributed by atoms with Crippen LogP contribution < -0.4 is 16.4 Å². The summed E-state index contributed by atoms with van der Waals surface area (Å²) in [6, 6.07) is 0.754. The van der Waals surface area contributed by atoms with Crippen LogP contribution in [0.25, 0.3) is 0 Å². The normalized spacial score (nSPS) is 11.7. The van der Waals surface area contributed by atoms with Crippen molar-refractivity contribution in [3.63, 3.8) is 0 Å². The average Bonchev–Trinajstić information content (AvgIpc) is 2.32. The van der Waals surface area contributed by atoms with Crippen molar-refractivity contribution < 1.29 is 9.59 Å². The fraction of sp³-hybridized carbons (Fsp3) is 0.364. The van der Waals surface area contributed by atoms with Gasteiger partial charge < -0.3 is 16.4 Å². The number of pyridine rings is 1. The van der Waals surface area contributed by atoms with Crippen molar-refractivity contribution in [2.45, 2.75) is 19.9 Å². The van der Waals surface area contributed by atoms with Gasteiger partial charge in [0.05, 0.1) is 17.4 Å². The Labute approximate surface area is 110 Å². The maximum absolute atomic E-state index is 11.9. The smallest absolute Gasteiger partial charge is 0.255 e. The zero-order valence-corrected chi connectivity index (χ0v) is 10.9. The number of rotatable bonds is 4. The van der Waals surface area contributed by atoms with E-state index in [-0.39, 0.29) is 16.6 Å². The van der Waals surface area contributed by atoms with Crippen LogP contribution in [0.4, 0.5) is 5.69 Å². The summed E-state index contributed by atoms with van der Waals surface area (Å²) in [4.78, 5) is 27.1. The lowest BCUT2D eigenvalue weighted by molar-refractivity contribution is -0.122. The number of carbonyl (C=O) groups is 2. The molecule has 0 spiro atoms. The van der Waals surface area contributed by atoms with Crippen LogP contribution in [0, 0.1) is 0 Å². The first-order valence-electron chi connectivity index (χ1n) is 5.45. The highest BCUT2D eigenvalue weighted by Crippen LogP contribution is 2.15. The molecule has 0 fully saturated rings. The first kappa shape index (κ1) is 14.2. The van der Waals surface area contributed by atoms with Gasteiger partial charge in [-0.3, -0.25) is 9.59 Å². The van der Waals surface area contributed by atoms with E-state index in [9.17, 15) is 9.59 Å². The molecule has 1 aromatic heterocycles. The molecule has 1 aromatic rings. The first-order chi connectivity index (χ1) is 8.45. The average molecular weight is 271 g/mol. The number of carbonyl (C=O) groups excluding carboxylic acids is 2. The van der Waals surface area contributed by atoms with E-state index in [1.54, 1.807) is 13.8 Å². The van der Waals surface area contributed by atoms with E-state index in [4.69, 9.17) is 17.3 Å². The van der Waals surface area contributed by atoms with Crippen LogP contribution in [-0.4, -0.2) is 29.4 Å². The Morgan fingerprint density at radius 2 is 2.22 bits per heavy atom. The number of hydrogen-bond donors (Lipinski definition) is 3. The van der Waals surface area contributed by atoms with Crippen LogP contribution in [0.2, 0.25) is 5.15 Å². The molecule has 0 aliphatic rings. The summed E-state index contributed by atoms with van der Waals surface area (Å²) in [5.74, 6) is -0.752. The molecular weight excluding hydrogens is 256 g/mol. The van der Waals surface area contributed by atoms with Gasteiger partial charge in [0.2, 0.25) is 5.91 Å². The summed E-state index contributed by atoms with van der Waals surface area (Å²) >= 11 is 5.79. The number of halogens is 1. The van der Waals surface area contributed by atoms with Gasteiger partial charge in [-0.25, -0.2) is 4.98 Å². The zero-order valence-electron chi connectivity index (χ0n) is 10.2. The van der Waals surface area contributed by atoms with Crippen LogP contribution in [0.5, 0.6) is 0 Å². The Kier molecular flexibility index (Phi) is 4.91. The molecule has 1 rings (SSSR count). The number of likely N-dealkylation sites (N-methyl/N-ethyl adjacent to an activating group) is 1. The molecule has 98 valence electrons. The molecule has 7 heteroatoms. The number of hydrogen-bond acceptors (Lipinski definition) is 4. The van der Waals surface area contributed by atoms with Gasteiger partial charge in [-0.15, -0.1) is 0 Å². The predicted molar refractivity (Wildman–Crippen MR) is 69.3 cm³/mol. The van der Waals surface area contributed by atoms with Crippen molar-refractivity contribution in [3.8, 4) is 0 Å². The van der Waals surface area contributed by atoms with E-state index < -0.39 is 11.9 Å². The first-order valence-corrected chi connectivity index (χ1v) is 5.83. The lowest BCUT2D eigenvalue weighted by Gasteiger charge is -2.13. The number of nitrogens with two attached hydrogens (primary N) is 1. The lowest BCUT2D eigenvalue weighted by atomic mass is 10.2. The minimum Gasteiger partial charge on any atom is -0.397 e. The SMILES string of the molecule is CCNC(=O)C(C)NC(=O)c1cc(N)cnc1Cl. The van der Waals surface area contributed by atoms with E-state index in [1.165, 1.54) is 12.3 Å².